The van der Waals surface area contributed by atoms with E-state index in [2.05, 4.69) is 5.32 Å². The Morgan fingerprint density at radius 3 is 2.67 bits per heavy atom. The highest BCUT2D eigenvalue weighted by Gasteiger charge is 2.36. The number of carbonyl (C=O) groups excluding carboxylic acids is 2. The molecule has 5 nitrogen and oxygen atoms in total. The molecule has 0 radical (unpaired) electrons. The lowest BCUT2D eigenvalue weighted by Crippen LogP contribution is -2.54. The van der Waals surface area contributed by atoms with Gasteiger partial charge in [0.2, 0.25) is 11.8 Å². The Balaban J connectivity index is 1.66. The molecule has 24 heavy (non-hydrogen) atoms. The molecule has 2 fully saturated rings. The number of amides is 2. The molecule has 1 unspecified atom stereocenters. The molecule has 2 aliphatic rings. The van der Waals surface area contributed by atoms with Gasteiger partial charge in [-0.05, 0) is 57.2 Å². The fraction of sp³-hybridized carbons (Fsp3) is 0.579. The number of nitrogens with two attached hydrogens (primary N) is 1. The molecule has 1 saturated heterocycles. The first kappa shape index (κ1) is 17.0. The van der Waals surface area contributed by atoms with E-state index in [9.17, 15) is 9.59 Å². The van der Waals surface area contributed by atoms with Gasteiger partial charge in [0.05, 0.1) is 0 Å². The van der Waals surface area contributed by atoms with Gasteiger partial charge in [0, 0.05) is 18.2 Å². The van der Waals surface area contributed by atoms with Gasteiger partial charge < -0.3 is 16.0 Å². The van der Waals surface area contributed by atoms with Crippen LogP contribution >= 0.6 is 0 Å². The van der Waals surface area contributed by atoms with Crippen LogP contribution in [0.5, 0.6) is 0 Å². The Kier molecular flexibility index (Phi) is 5.19. The van der Waals surface area contributed by atoms with Gasteiger partial charge in [-0.3, -0.25) is 9.59 Å². The fourth-order valence-corrected chi connectivity index (χ4v) is 3.93. The number of benzene rings is 1. The van der Waals surface area contributed by atoms with Gasteiger partial charge in [0.15, 0.2) is 0 Å². The van der Waals surface area contributed by atoms with Gasteiger partial charge in [-0.1, -0.05) is 24.1 Å². The Bertz CT molecular complexity index is 599. The maximum absolute atomic E-state index is 12.8. The van der Waals surface area contributed by atoms with Gasteiger partial charge in [-0.15, -0.1) is 0 Å². The smallest absolute Gasteiger partial charge is 0.249 e. The molecule has 0 aromatic heterocycles. The lowest BCUT2D eigenvalue weighted by molar-refractivity contribution is -0.131. The molecule has 2 amide bonds. The molecular formula is C19H27N3O2. The number of piperidine rings is 1. The second kappa shape index (κ2) is 7.34. The van der Waals surface area contributed by atoms with E-state index >= 15 is 0 Å². The topological polar surface area (TPSA) is 75.4 Å². The number of aryl methyl sites for hydroxylation is 1. The van der Waals surface area contributed by atoms with Crippen molar-refractivity contribution in [3.8, 4) is 0 Å². The third-order valence-electron chi connectivity index (χ3n) is 5.40. The monoisotopic (exact) mass is 329 g/mol. The van der Waals surface area contributed by atoms with Crippen LogP contribution in [-0.2, 0) is 9.59 Å². The Labute approximate surface area is 143 Å². The van der Waals surface area contributed by atoms with E-state index < -0.39 is 6.04 Å². The predicted octanol–water partition coefficient (Wildman–Crippen LogP) is 1.98. The van der Waals surface area contributed by atoms with Gasteiger partial charge >= 0.3 is 0 Å². The molecule has 3 N–H and O–H groups in total. The molecule has 0 bridgehead atoms. The molecule has 3 rings (SSSR count). The van der Waals surface area contributed by atoms with Crippen molar-refractivity contribution in [2.24, 2.45) is 17.6 Å². The van der Waals surface area contributed by atoms with E-state index in [0.29, 0.717) is 19.5 Å². The number of nitrogens with one attached hydrogen (secondary N) is 1. The van der Waals surface area contributed by atoms with Crippen molar-refractivity contribution < 1.29 is 9.59 Å². The molecule has 1 aromatic carbocycles. The zero-order chi connectivity index (χ0) is 17.1. The summed E-state index contributed by atoms with van der Waals surface area (Å²) >= 11 is 0. The van der Waals surface area contributed by atoms with Crippen molar-refractivity contribution in [2.75, 3.05) is 18.0 Å². The third kappa shape index (κ3) is 3.46. The van der Waals surface area contributed by atoms with Crippen molar-refractivity contribution in [1.29, 1.82) is 0 Å². The van der Waals surface area contributed by atoms with Crippen LogP contribution in [0.2, 0.25) is 0 Å². The maximum atomic E-state index is 12.8. The minimum absolute atomic E-state index is 0.000693. The highest BCUT2D eigenvalue weighted by atomic mass is 16.2. The summed E-state index contributed by atoms with van der Waals surface area (Å²) < 4.78 is 0. The van der Waals surface area contributed by atoms with Crippen molar-refractivity contribution >= 4 is 17.5 Å². The first-order chi connectivity index (χ1) is 11.6. The first-order valence-corrected chi connectivity index (χ1v) is 8.98. The number of carbonyl (C=O) groups is 2. The lowest BCUT2D eigenvalue weighted by Gasteiger charge is -2.33. The van der Waals surface area contributed by atoms with Crippen molar-refractivity contribution in [3.63, 3.8) is 0 Å². The number of hydrogen-bond acceptors (Lipinski definition) is 3. The average Bonchev–Trinajstić information content (AvgIpc) is 3.06. The van der Waals surface area contributed by atoms with Crippen molar-refractivity contribution in [1.82, 2.24) is 5.32 Å². The Hall–Kier alpha value is -1.88. The molecule has 1 saturated carbocycles. The number of anilines is 1. The summed E-state index contributed by atoms with van der Waals surface area (Å²) in [5.74, 6) is 0.238. The van der Waals surface area contributed by atoms with E-state index in [1.165, 1.54) is 5.56 Å². The SMILES string of the molecule is Cc1ccc(N2CCCC(NC(=O)[C@@H]3CCC[C@@H]3CN)C2=O)cc1. The highest BCUT2D eigenvalue weighted by Crippen LogP contribution is 2.31. The van der Waals surface area contributed by atoms with Crippen molar-refractivity contribution in [3.05, 3.63) is 29.8 Å². The molecule has 3 atom stereocenters. The van der Waals surface area contributed by atoms with Gasteiger partial charge in [-0.25, -0.2) is 0 Å². The van der Waals surface area contributed by atoms with E-state index in [1.54, 1.807) is 4.90 Å². The fourth-order valence-electron chi connectivity index (χ4n) is 3.93. The van der Waals surface area contributed by atoms with Gasteiger partial charge in [0.1, 0.15) is 6.04 Å². The van der Waals surface area contributed by atoms with Gasteiger partial charge in [0.25, 0.3) is 0 Å². The van der Waals surface area contributed by atoms with Crippen molar-refractivity contribution in [2.45, 2.75) is 45.1 Å². The molecule has 5 heteroatoms. The van der Waals surface area contributed by atoms with Crippen LogP contribution in [0.1, 0.15) is 37.7 Å². The second-order valence-corrected chi connectivity index (χ2v) is 7.06. The molecule has 130 valence electrons. The van der Waals surface area contributed by atoms with E-state index in [0.717, 1.165) is 31.4 Å². The second-order valence-electron chi connectivity index (χ2n) is 7.06. The zero-order valence-corrected chi connectivity index (χ0v) is 14.3. The van der Waals surface area contributed by atoms with E-state index in [-0.39, 0.29) is 23.7 Å². The molecule has 1 heterocycles. The first-order valence-electron chi connectivity index (χ1n) is 8.98. The minimum atomic E-state index is -0.411. The Morgan fingerprint density at radius 1 is 1.21 bits per heavy atom. The lowest BCUT2D eigenvalue weighted by atomic mass is 9.94. The maximum Gasteiger partial charge on any atom is 0.249 e. The molecular weight excluding hydrogens is 302 g/mol. The largest absolute Gasteiger partial charge is 0.344 e. The molecule has 1 aliphatic heterocycles. The number of nitrogens with zero attached hydrogens (tertiary/aromatic N) is 1. The minimum Gasteiger partial charge on any atom is -0.344 e. The summed E-state index contributed by atoms with van der Waals surface area (Å²) in [5, 5.41) is 3.00. The quantitative estimate of drug-likeness (QED) is 0.887. The Morgan fingerprint density at radius 2 is 1.96 bits per heavy atom. The zero-order valence-electron chi connectivity index (χ0n) is 14.3. The molecule has 1 aliphatic carbocycles. The van der Waals surface area contributed by atoms with Crippen LogP contribution in [0.4, 0.5) is 5.69 Å². The molecule has 0 spiro atoms. The van der Waals surface area contributed by atoms with Crippen LogP contribution < -0.4 is 16.0 Å². The summed E-state index contributed by atoms with van der Waals surface area (Å²) in [4.78, 5) is 27.2. The van der Waals surface area contributed by atoms with Crippen LogP contribution in [0.3, 0.4) is 0 Å². The number of hydrogen-bond donors (Lipinski definition) is 2. The summed E-state index contributed by atoms with van der Waals surface area (Å²) in [6.45, 7) is 3.29. The van der Waals surface area contributed by atoms with E-state index in [1.807, 2.05) is 31.2 Å². The summed E-state index contributed by atoms with van der Waals surface area (Å²) in [6, 6.07) is 7.55. The van der Waals surface area contributed by atoms with Gasteiger partial charge in [-0.2, -0.15) is 0 Å². The van der Waals surface area contributed by atoms with Crippen LogP contribution in [-0.4, -0.2) is 30.9 Å². The normalized spacial score (nSPS) is 27.3. The summed E-state index contributed by atoms with van der Waals surface area (Å²) in [6.07, 6.45) is 4.57. The average molecular weight is 329 g/mol. The highest BCUT2D eigenvalue weighted by molar-refractivity contribution is 6.00. The van der Waals surface area contributed by atoms with E-state index in [4.69, 9.17) is 5.73 Å². The van der Waals surface area contributed by atoms with Crippen LogP contribution in [0.15, 0.2) is 24.3 Å². The third-order valence-corrected chi connectivity index (χ3v) is 5.40. The number of rotatable bonds is 4. The predicted molar refractivity (Wildman–Crippen MR) is 94.6 cm³/mol. The van der Waals surface area contributed by atoms with Crippen LogP contribution in [0.25, 0.3) is 0 Å². The standard InChI is InChI=1S/C19H27N3O2/c1-13-7-9-15(10-8-13)22-11-3-6-17(19(22)24)21-18(23)16-5-2-4-14(16)12-20/h7-10,14,16-17H,2-6,11-12,20H2,1H3,(H,21,23)/t14-,16-,17?/m1/s1. The molecule has 1 aromatic rings. The van der Waals surface area contributed by atoms with Crippen LogP contribution in [0, 0.1) is 18.8 Å². The summed E-state index contributed by atoms with van der Waals surface area (Å²) in [5.41, 5.74) is 7.85. The summed E-state index contributed by atoms with van der Waals surface area (Å²) in [7, 11) is 0.